The van der Waals surface area contributed by atoms with Gasteiger partial charge in [0.05, 0.1) is 46.1 Å². The molecule has 0 atom stereocenters. The second-order valence-electron chi connectivity index (χ2n) is 6.03. The van der Waals surface area contributed by atoms with Crippen molar-refractivity contribution in [1.82, 2.24) is 24.4 Å². The normalized spacial score (nSPS) is 11.2. The Labute approximate surface area is 153 Å². The van der Waals surface area contributed by atoms with Gasteiger partial charge >= 0.3 is 0 Å². The van der Waals surface area contributed by atoms with Crippen LogP contribution in [0.1, 0.15) is 21.7 Å². The highest BCUT2D eigenvalue weighted by atomic mass is 32.1. The summed E-state index contributed by atoms with van der Waals surface area (Å²) in [6.45, 7) is 3.82. The molecule has 0 unspecified atom stereocenters. The average molecular weight is 367 g/mol. The van der Waals surface area contributed by atoms with Gasteiger partial charge in [0.2, 0.25) is 0 Å². The molecule has 0 aliphatic carbocycles. The predicted molar refractivity (Wildman–Crippen MR) is 101 cm³/mol. The zero-order valence-corrected chi connectivity index (χ0v) is 15.3. The molecule has 1 amide bonds. The molecule has 0 spiro atoms. The number of amides is 1. The van der Waals surface area contributed by atoms with Gasteiger partial charge in [-0.1, -0.05) is 0 Å². The van der Waals surface area contributed by atoms with Crippen molar-refractivity contribution in [1.29, 1.82) is 0 Å². The molecular weight excluding hydrogens is 350 g/mol. The lowest BCUT2D eigenvalue weighted by Gasteiger charge is -2.07. The number of nitrogens with one attached hydrogen (secondary N) is 1. The Bertz CT molecular complexity index is 1140. The molecule has 0 aliphatic rings. The van der Waals surface area contributed by atoms with E-state index < -0.39 is 0 Å². The molecule has 4 rings (SSSR count). The number of anilines is 2. The summed E-state index contributed by atoms with van der Waals surface area (Å²) >= 11 is 1.50. The maximum atomic E-state index is 12.7. The highest BCUT2D eigenvalue weighted by molar-refractivity contribution is 7.21. The van der Waals surface area contributed by atoms with Gasteiger partial charge in [-0.25, -0.2) is 4.52 Å². The number of nitrogen functional groups attached to an aromatic ring is 1. The predicted octanol–water partition coefficient (Wildman–Crippen LogP) is 2.64. The molecule has 9 heteroatoms. The van der Waals surface area contributed by atoms with Gasteiger partial charge in [0, 0.05) is 24.5 Å². The zero-order chi connectivity index (χ0) is 18.4. The van der Waals surface area contributed by atoms with Gasteiger partial charge in [0.25, 0.3) is 5.91 Å². The van der Waals surface area contributed by atoms with Gasteiger partial charge in [-0.2, -0.15) is 10.2 Å². The standard InChI is InChI=1S/C17H17N7OS/c1-9-14(4-11(18)5-19-9)22-16(25)13-7-21-24-8-15(26-17(13)24)12-6-20-23(3)10(12)2/h4-8H,18H2,1-3H3,(H,22,25). The van der Waals surface area contributed by atoms with Crippen molar-refractivity contribution in [2.24, 2.45) is 7.05 Å². The lowest BCUT2D eigenvalue weighted by molar-refractivity contribution is 0.102. The van der Waals surface area contributed by atoms with E-state index in [1.54, 1.807) is 23.0 Å². The molecule has 4 heterocycles. The van der Waals surface area contributed by atoms with Crippen LogP contribution < -0.4 is 11.1 Å². The Balaban J connectivity index is 1.69. The van der Waals surface area contributed by atoms with Crippen LogP contribution in [0.25, 0.3) is 15.3 Å². The molecule has 26 heavy (non-hydrogen) atoms. The Hall–Kier alpha value is -3.20. The Kier molecular flexibility index (Phi) is 3.73. The minimum atomic E-state index is -0.244. The minimum absolute atomic E-state index is 0.244. The number of fused-ring (bicyclic) bond motifs is 1. The number of nitrogens with two attached hydrogens (primary N) is 1. The fourth-order valence-electron chi connectivity index (χ4n) is 2.67. The molecule has 3 N–H and O–H groups in total. The quantitative estimate of drug-likeness (QED) is 0.579. The van der Waals surface area contributed by atoms with E-state index >= 15 is 0 Å². The molecule has 0 radical (unpaired) electrons. The van der Waals surface area contributed by atoms with Crippen LogP contribution in [0.4, 0.5) is 11.4 Å². The molecular formula is C17H17N7OS. The van der Waals surface area contributed by atoms with Crippen LogP contribution in [0.2, 0.25) is 0 Å². The summed E-state index contributed by atoms with van der Waals surface area (Å²) in [6.07, 6.45) is 6.86. The van der Waals surface area contributed by atoms with Crippen LogP contribution in [0, 0.1) is 13.8 Å². The van der Waals surface area contributed by atoms with E-state index in [-0.39, 0.29) is 5.91 Å². The molecule has 4 aromatic heterocycles. The highest BCUT2D eigenvalue weighted by Gasteiger charge is 2.18. The molecule has 0 saturated heterocycles. The number of hydrogen-bond donors (Lipinski definition) is 2. The minimum Gasteiger partial charge on any atom is -0.397 e. The summed E-state index contributed by atoms with van der Waals surface area (Å²) in [5.74, 6) is -0.244. The van der Waals surface area contributed by atoms with Gasteiger partial charge in [-0.3, -0.25) is 14.5 Å². The number of carbonyl (C=O) groups is 1. The lowest BCUT2D eigenvalue weighted by atomic mass is 10.2. The van der Waals surface area contributed by atoms with Crippen LogP contribution in [-0.4, -0.2) is 30.3 Å². The number of thiazole rings is 1. The van der Waals surface area contributed by atoms with Gasteiger partial charge in [-0.15, -0.1) is 11.3 Å². The van der Waals surface area contributed by atoms with E-state index in [0.29, 0.717) is 22.6 Å². The fourth-order valence-corrected chi connectivity index (χ4v) is 3.79. The Morgan fingerprint density at radius 3 is 2.77 bits per heavy atom. The molecule has 132 valence electrons. The molecule has 0 aliphatic heterocycles. The van der Waals surface area contributed by atoms with Crippen LogP contribution >= 0.6 is 11.3 Å². The monoisotopic (exact) mass is 367 g/mol. The third-order valence-electron chi connectivity index (χ3n) is 4.30. The highest BCUT2D eigenvalue weighted by Crippen LogP contribution is 2.32. The van der Waals surface area contributed by atoms with E-state index in [2.05, 4.69) is 20.5 Å². The van der Waals surface area contributed by atoms with E-state index in [0.717, 1.165) is 21.0 Å². The van der Waals surface area contributed by atoms with Crippen molar-refractivity contribution in [3.8, 4) is 10.4 Å². The number of carbonyl (C=O) groups excluding carboxylic acids is 1. The van der Waals surface area contributed by atoms with Gasteiger partial charge in [-0.05, 0) is 19.9 Å². The lowest BCUT2D eigenvalue weighted by Crippen LogP contribution is -2.13. The van der Waals surface area contributed by atoms with E-state index in [9.17, 15) is 4.79 Å². The Morgan fingerprint density at radius 1 is 1.23 bits per heavy atom. The number of aromatic nitrogens is 5. The smallest absolute Gasteiger partial charge is 0.260 e. The van der Waals surface area contributed by atoms with Crippen LogP contribution in [0.3, 0.4) is 0 Å². The van der Waals surface area contributed by atoms with E-state index in [4.69, 9.17) is 5.73 Å². The maximum absolute atomic E-state index is 12.7. The Morgan fingerprint density at radius 2 is 2.04 bits per heavy atom. The second-order valence-corrected chi connectivity index (χ2v) is 7.06. The van der Waals surface area contributed by atoms with E-state index in [1.807, 2.05) is 38.0 Å². The molecule has 8 nitrogen and oxygen atoms in total. The average Bonchev–Trinajstić information content (AvgIpc) is 3.26. The molecule has 0 saturated carbocycles. The number of nitrogens with zero attached hydrogens (tertiary/aromatic N) is 5. The SMILES string of the molecule is Cc1ncc(N)cc1NC(=O)c1cnn2cc(-c3cnn(C)c3C)sc12. The van der Waals surface area contributed by atoms with Gasteiger partial charge in [0.1, 0.15) is 4.83 Å². The topological polar surface area (TPSA) is 103 Å². The molecule has 0 aromatic carbocycles. The number of pyridine rings is 1. The zero-order valence-electron chi connectivity index (χ0n) is 14.5. The first-order chi connectivity index (χ1) is 12.4. The van der Waals surface area contributed by atoms with Crippen molar-refractivity contribution in [3.63, 3.8) is 0 Å². The third-order valence-corrected chi connectivity index (χ3v) is 5.44. The summed E-state index contributed by atoms with van der Waals surface area (Å²) in [7, 11) is 1.90. The fraction of sp³-hybridized carbons (Fsp3) is 0.176. The second kappa shape index (κ2) is 5.95. The molecule has 4 aromatic rings. The van der Waals surface area contributed by atoms with Crippen molar-refractivity contribution in [2.45, 2.75) is 13.8 Å². The van der Waals surface area contributed by atoms with Crippen molar-refractivity contribution >= 4 is 33.4 Å². The third kappa shape index (κ3) is 2.62. The number of rotatable bonds is 3. The summed E-state index contributed by atoms with van der Waals surface area (Å²) in [6, 6.07) is 1.69. The summed E-state index contributed by atoms with van der Waals surface area (Å²) in [5, 5.41) is 11.4. The van der Waals surface area contributed by atoms with Crippen molar-refractivity contribution in [2.75, 3.05) is 11.1 Å². The summed E-state index contributed by atoms with van der Waals surface area (Å²) in [5.41, 5.74) is 10.1. The number of hydrogen-bond acceptors (Lipinski definition) is 6. The first kappa shape index (κ1) is 16.3. The summed E-state index contributed by atoms with van der Waals surface area (Å²) < 4.78 is 3.53. The summed E-state index contributed by atoms with van der Waals surface area (Å²) in [4.78, 5) is 18.7. The largest absolute Gasteiger partial charge is 0.397 e. The molecule has 0 bridgehead atoms. The van der Waals surface area contributed by atoms with Gasteiger partial charge in [0.15, 0.2) is 0 Å². The van der Waals surface area contributed by atoms with Crippen LogP contribution in [0.15, 0.2) is 30.9 Å². The first-order valence-electron chi connectivity index (χ1n) is 7.93. The molecule has 0 fully saturated rings. The first-order valence-corrected chi connectivity index (χ1v) is 8.75. The number of aryl methyl sites for hydroxylation is 2. The van der Waals surface area contributed by atoms with E-state index in [1.165, 1.54) is 11.3 Å². The van der Waals surface area contributed by atoms with Gasteiger partial charge < -0.3 is 11.1 Å². The van der Waals surface area contributed by atoms with Crippen molar-refractivity contribution in [3.05, 3.63) is 47.8 Å². The van der Waals surface area contributed by atoms with Crippen LogP contribution in [-0.2, 0) is 7.05 Å². The van der Waals surface area contributed by atoms with Crippen molar-refractivity contribution < 1.29 is 4.79 Å². The van der Waals surface area contributed by atoms with Crippen LogP contribution in [0.5, 0.6) is 0 Å². The maximum Gasteiger partial charge on any atom is 0.260 e.